The second kappa shape index (κ2) is 4.21. The number of aryl methyl sites for hydroxylation is 2. The minimum atomic E-state index is -0.716. The van der Waals surface area contributed by atoms with Gasteiger partial charge in [0.1, 0.15) is 0 Å². The van der Waals surface area contributed by atoms with Crippen molar-refractivity contribution in [1.82, 2.24) is 9.78 Å². The highest BCUT2D eigenvalue weighted by Gasteiger charge is 2.36. The molecule has 0 saturated heterocycles. The van der Waals surface area contributed by atoms with Crippen molar-refractivity contribution in [2.45, 2.75) is 60.1 Å². The van der Waals surface area contributed by atoms with Crippen molar-refractivity contribution in [3.63, 3.8) is 0 Å². The van der Waals surface area contributed by atoms with Crippen LogP contribution in [0.3, 0.4) is 0 Å². The molecule has 1 unspecified atom stereocenters. The third-order valence-corrected chi connectivity index (χ3v) is 3.43. The van der Waals surface area contributed by atoms with Crippen LogP contribution in [0.5, 0.6) is 0 Å². The first-order valence-electron chi connectivity index (χ1n) is 5.93. The van der Waals surface area contributed by atoms with Gasteiger partial charge in [0.15, 0.2) is 0 Å². The molecule has 0 saturated carbocycles. The van der Waals surface area contributed by atoms with Crippen molar-refractivity contribution in [2.24, 2.45) is 5.41 Å². The molecule has 1 heterocycles. The van der Waals surface area contributed by atoms with Crippen molar-refractivity contribution in [1.29, 1.82) is 0 Å². The van der Waals surface area contributed by atoms with Crippen molar-refractivity contribution >= 4 is 0 Å². The van der Waals surface area contributed by atoms with E-state index in [0.29, 0.717) is 6.42 Å². The van der Waals surface area contributed by atoms with E-state index in [1.807, 2.05) is 18.5 Å². The maximum absolute atomic E-state index is 10.5. The number of rotatable bonds is 3. The van der Waals surface area contributed by atoms with Crippen LogP contribution in [0.4, 0.5) is 0 Å². The lowest BCUT2D eigenvalue weighted by Crippen LogP contribution is -2.42. The molecular formula is C13H24N2O. The van der Waals surface area contributed by atoms with E-state index in [9.17, 15) is 5.11 Å². The Balaban J connectivity index is 2.96. The summed E-state index contributed by atoms with van der Waals surface area (Å²) in [5, 5.41) is 14.9. The average molecular weight is 224 g/mol. The van der Waals surface area contributed by atoms with Gasteiger partial charge in [-0.25, -0.2) is 0 Å². The molecule has 3 heteroatoms. The van der Waals surface area contributed by atoms with Gasteiger partial charge in [0.2, 0.25) is 0 Å². The molecule has 1 aromatic rings. The second-order valence-electron chi connectivity index (χ2n) is 5.79. The smallest absolute Gasteiger partial charge is 0.0722 e. The van der Waals surface area contributed by atoms with Crippen LogP contribution in [0.25, 0.3) is 0 Å². The normalized spacial score (nSPS) is 16.2. The number of hydrogen-bond donors (Lipinski definition) is 1. The fraction of sp³-hybridized carbons (Fsp3) is 0.769. The predicted molar refractivity (Wildman–Crippen MR) is 66.4 cm³/mol. The quantitative estimate of drug-likeness (QED) is 0.857. The van der Waals surface area contributed by atoms with Gasteiger partial charge in [0, 0.05) is 18.7 Å². The first-order valence-corrected chi connectivity index (χ1v) is 5.93. The summed E-state index contributed by atoms with van der Waals surface area (Å²) in [6, 6.07) is 2.06. The largest absolute Gasteiger partial charge is 0.389 e. The summed E-state index contributed by atoms with van der Waals surface area (Å²) in [6.45, 7) is 13.0. The van der Waals surface area contributed by atoms with Crippen LogP contribution in [-0.2, 0) is 13.0 Å². The van der Waals surface area contributed by atoms with Crippen molar-refractivity contribution in [3.05, 3.63) is 17.5 Å². The lowest BCUT2D eigenvalue weighted by Gasteiger charge is -2.37. The minimum absolute atomic E-state index is 0.135. The van der Waals surface area contributed by atoms with Gasteiger partial charge in [-0.2, -0.15) is 5.10 Å². The molecule has 16 heavy (non-hydrogen) atoms. The molecule has 92 valence electrons. The maximum Gasteiger partial charge on any atom is 0.0722 e. The van der Waals surface area contributed by atoms with Gasteiger partial charge in [-0.1, -0.05) is 20.8 Å². The topological polar surface area (TPSA) is 38.0 Å². The Morgan fingerprint density at radius 3 is 2.31 bits per heavy atom. The van der Waals surface area contributed by atoms with Gasteiger partial charge in [0.25, 0.3) is 0 Å². The Bertz CT molecular complexity index is 358. The standard InChI is InChI=1S/C13H24N2O/c1-7-15-11(8-10(2)14-15)9-13(6,16)12(3,4)5/h8,16H,7,9H2,1-6H3. The number of hydrogen-bond acceptors (Lipinski definition) is 2. The molecule has 1 rings (SSSR count). The summed E-state index contributed by atoms with van der Waals surface area (Å²) in [6.07, 6.45) is 0.644. The molecule has 0 aromatic carbocycles. The van der Waals surface area contributed by atoms with Crippen LogP contribution in [0, 0.1) is 12.3 Å². The van der Waals surface area contributed by atoms with E-state index in [4.69, 9.17) is 0 Å². The van der Waals surface area contributed by atoms with E-state index in [0.717, 1.165) is 17.9 Å². The molecule has 1 atom stereocenters. The van der Waals surface area contributed by atoms with Crippen LogP contribution < -0.4 is 0 Å². The molecule has 0 fully saturated rings. The monoisotopic (exact) mass is 224 g/mol. The predicted octanol–water partition coefficient (Wildman–Crippen LogP) is 2.55. The maximum atomic E-state index is 10.5. The van der Waals surface area contributed by atoms with Crippen LogP contribution in [-0.4, -0.2) is 20.5 Å². The van der Waals surface area contributed by atoms with E-state index < -0.39 is 5.60 Å². The zero-order valence-electron chi connectivity index (χ0n) is 11.3. The van der Waals surface area contributed by atoms with E-state index in [1.165, 1.54) is 0 Å². The molecule has 0 amide bonds. The van der Waals surface area contributed by atoms with Crippen molar-refractivity contribution in [3.8, 4) is 0 Å². The lowest BCUT2D eigenvalue weighted by molar-refractivity contribution is -0.0419. The zero-order chi connectivity index (χ0) is 12.6. The third kappa shape index (κ3) is 2.64. The molecule has 0 aliphatic rings. The number of aromatic nitrogens is 2. The molecule has 0 aliphatic heterocycles. The van der Waals surface area contributed by atoms with Crippen LogP contribution in [0.1, 0.15) is 46.0 Å². The summed E-state index contributed by atoms with van der Waals surface area (Å²) in [5.41, 5.74) is 1.28. The highest BCUT2D eigenvalue weighted by atomic mass is 16.3. The number of aliphatic hydroxyl groups is 1. The molecule has 0 bridgehead atoms. The summed E-state index contributed by atoms with van der Waals surface area (Å²) < 4.78 is 1.97. The Morgan fingerprint density at radius 1 is 1.31 bits per heavy atom. The Labute approximate surface area is 98.5 Å². The van der Waals surface area contributed by atoms with E-state index in [2.05, 4.69) is 38.9 Å². The minimum Gasteiger partial charge on any atom is -0.389 e. The molecule has 0 spiro atoms. The van der Waals surface area contributed by atoms with Gasteiger partial charge in [-0.05, 0) is 32.3 Å². The van der Waals surface area contributed by atoms with Gasteiger partial charge >= 0.3 is 0 Å². The molecule has 1 aromatic heterocycles. The van der Waals surface area contributed by atoms with Crippen LogP contribution >= 0.6 is 0 Å². The van der Waals surface area contributed by atoms with Gasteiger partial charge in [-0.3, -0.25) is 4.68 Å². The lowest BCUT2D eigenvalue weighted by atomic mass is 9.75. The number of nitrogens with zero attached hydrogens (tertiary/aromatic N) is 2. The van der Waals surface area contributed by atoms with Gasteiger partial charge in [-0.15, -0.1) is 0 Å². The Hall–Kier alpha value is -0.830. The molecule has 0 radical (unpaired) electrons. The molecular weight excluding hydrogens is 200 g/mol. The summed E-state index contributed by atoms with van der Waals surface area (Å²) in [7, 11) is 0. The average Bonchev–Trinajstić information content (AvgIpc) is 2.43. The van der Waals surface area contributed by atoms with Crippen LogP contribution in [0.15, 0.2) is 6.07 Å². The molecule has 1 N–H and O–H groups in total. The molecule has 3 nitrogen and oxygen atoms in total. The zero-order valence-corrected chi connectivity index (χ0v) is 11.3. The first kappa shape index (κ1) is 13.2. The fourth-order valence-corrected chi connectivity index (χ4v) is 1.63. The first-order chi connectivity index (χ1) is 7.17. The Morgan fingerprint density at radius 2 is 1.88 bits per heavy atom. The van der Waals surface area contributed by atoms with Crippen molar-refractivity contribution in [2.75, 3.05) is 0 Å². The summed E-state index contributed by atoms with van der Waals surface area (Å²) in [5.74, 6) is 0. The van der Waals surface area contributed by atoms with Gasteiger partial charge in [0.05, 0.1) is 11.3 Å². The third-order valence-electron chi connectivity index (χ3n) is 3.43. The van der Waals surface area contributed by atoms with Crippen LogP contribution in [0.2, 0.25) is 0 Å². The van der Waals surface area contributed by atoms with Gasteiger partial charge < -0.3 is 5.11 Å². The highest BCUT2D eigenvalue weighted by Crippen LogP contribution is 2.32. The SMILES string of the molecule is CCn1nc(C)cc1CC(C)(O)C(C)(C)C. The second-order valence-corrected chi connectivity index (χ2v) is 5.79. The van der Waals surface area contributed by atoms with Crippen molar-refractivity contribution < 1.29 is 5.11 Å². The van der Waals surface area contributed by atoms with E-state index in [-0.39, 0.29) is 5.41 Å². The molecule has 0 aliphatic carbocycles. The van der Waals surface area contributed by atoms with E-state index in [1.54, 1.807) is 0 Å². The van der Waals surface area contributed by atoms with E-state index >= 15 is 0 Å². The highest BCUT2D eigenvalue weighted by molar-refractivity contribution is 5.12. The summed E-state index contributed by atoms with van der Waals surface area (Å²) >= 11 is 0. The Kier molecular flexibility index (Phi) is 3.48. The summed E-state index contributed by atoms with van der Waals surface area (Å²) in [4.78, 5) is 0. The fourth-order valence-electron chi connectivity index (χ4n) is 1.63.